The Morgan fingerprint density at radius 3 is 2.13 bits per heavy atom. The molecule has 0 amide bonds. The summed E-state index contributed by atoms with van der Waals surface area (Å²) in [4.78, 5) is 12.0. The van der Waals surface area contributed by atoms with E-state index in [9.17, 15) is 23.1 Å². The van der Waals surface area contributed by atoms with Gasteiger partial charge in [-0.2, -0.15) is 13.2 Å². The fraction of sp³-hybridized carbons (Fsp3) is 0.312. The molecule has 1 heterocycles. The molecular formula is C16H15F3O4. The number of ether oxygens (including phenoxy) is 1. The summed E-state index contributed by atoms with van der Waals surface area (Å²) in [5, 5.41) is 10.0. The zero-order valence-corrected chi connectivity index (χ0v) is 12.7. The van der Waals surface area contributed by atoms with Gasteiger partial charge < -0.3 is 14.3 Å². The van der Waals surface area contributed by atoms with Crippen LogP contribution < -0.4 is 10.4 Å². The van der Waals surface area contributed by atoms with Gasteiger partial charge in [-0.3, -0.25) is 0 Å². The molecule has 0 unspecified atom stereocenters. The number of aryl methyl sites for hydroxylation is 3. The van der Waals surface area contributed by atoms with Crippen LogP contribution in [-0.2, 0) is 0 Å². The lowest BCUT2D eigenvalue weighted by Gasteiger charge is -2.15. The Labute approximate surface area is 130 Å². The molecule has 1 N–H and O–H groups in total. The van der Waals surface area contributed by atoms with Gasteiger partial charge in [-0.05, 0) is 49.6 Å². The van der Waals surface area contributed by atoms with E-state index in [1.54, 1.807) is 13.8 Å². The molecule has 0 saturated carbocycles. The highest BCUT2D eigenvalue weighted by Gasteiger charge is 2.28. The Kier molecular flexibility index (Phi) is 4.40. The summed E-state index contributed by atoms with van der Waals surface area (Å²) in [6, 6.07) is 4.07. The molecule has 2 rings (SSSR count). The summed E-state index contributed by atoms with van der Waals surface area (Å²) < 4.78 is 46.3. The summed E-state index contributed by atoms with van der Waals surface area (Å²) >= 11 is 0. The van der Waals surface area contributed by atoms with Gasteiger partial charge in [0.2, 0.25) is 0 Å². The van der Waals surface area contributed by atoms with Crippen molar-refractivity contribution in [3.05, 3.63) is 45.5 Å². The highest BCUT2D eigenvalue weighted by Crippen LogP contribution is 2.34. The summed E-state index contributed by atoms with van der Waals surface area (Å²) in [6.45, 7) is 3.35. The third-order valence-electron chi connectivity index (χ3n) is 3.21. The van der Waals surface area contributed by atoms with Gasteiger partial charge in [0.15, 0.2) is 6.61 Å². The molecule has 0 bridgehead atoms. The lowest BCUT2D eigenvalue weighted by molar-refractivity contribution is -0.153. The van der Waals surface area contributed by atoms with Crippen LogP contribution >= 0.6 is 0 Å². The van der Waals surface area contributed by atoms with Crippen molar-refractivity contribution in [2.75, 3.05) is 6.61 Å². The van der Waals surface area contributed by atoms with Crippen LogP contribution in [0.4, 0.5) is 13.2 Å². The van der Waals surface area contributed by atoms with Crippen LogP contribution in [0.3, 0.4) is 0 Å². The molecule has 23 heavy (non-hydrogen) atoms. The van der Waals surface area contributed by atoms with Crippen molar-refractivity contribution in [3.63, 3.8) is 0 Å². The minimum atomic E-state index is -4.43. The Morgan fingerprint density at radius 1 is 1.09 bits per heavy atom. The van der Waals surface area contributed by atoms with Gasteiger partial charge >= 0.3 is 11.8 Å². The number of benzene rings is 1. The molecule has 4 nitrogen and oxygen atoms in total. The number of halogens is 3. The average molecular weight is 328 g/mol. The van der Waals surface area contributed by atoms with Crippen molar-refractivity contribution in [2.45, 2.75) is 26.9 Å². The van der Waals surface area contributed by atoms with E-state index in [0.717, 1.165) is 0 Å². The molecule has 7 heteroatoms. The Balaban J connectivity index is 2.49. The molecule has 124 valence electrons. The van der Waals surface area contributed by atoms with Gasteiger partial charge in [-0.1, -0.05) is 0 Å². The lowest BCUT2D eigenvalue weighted by atomic mass is 9.96. The minimum Gasteiger partial charge on any atom is -0.507 e. The Morgan fingerprint density at radius 2 is 1.65 bits per heavy atom. The second kappa shape index (κ2) is 5.98. The highest BCUT2D eigenvalue weighted by molar-refractivity contribution is 5.75. The molecule has 0 aliphatic rings. The first-order valence-electron chi connectivity index (χ1n) is 6.73. The van der Waals surface area contributed by atoms with Crippen LogP contribution in [0.2, 0.25) is 0 Å². The van der Waals surface area contributed by atoms with Crippen molar-refractivity contribution < 1.29 is 27.4 Å². The van der Waals surface area contributed by atoms with E-state index in [1.165, 1.54) is 25.1 Å². The molecular weight excluding hydrogens is 313 g/mol. The fourth-order valence-corrected chi connectivity index (χ4v) is 2.39. The van der Waals surface area contributed by atoms with Gasteiger partial charge in [-0.15, -0.1) is 0 Å². The van der Waals surface area contributed by atoms with Crippen molar-refractivity contribution in [3.8, 4) is 22.6 Å². The average Bonchev–Trinajstić information content (AvgIpc) is 2.37. The maximum Gasteiger partial charge on any atom is 0.422 e. The molecule has 0 aliphatic heterocycles. The monoisotopic (exact) mass is 328 g/mol. The van der Waals surface area contributed by atoms with E-state index in [-0.39, 0.29) is 22.8 Å². The van der Waals surface area contributed by atoms with Crippen LogP contribution in [0.1, 0.15) is 16.9 Å². The minimum absolute atomic E-state index is 0.0204. The summed E-state index contributed by atoms with van der Waals surface area (Å²) in [5.74, 6) is 0.0580. The predicted molar refractivity (Wildman–Crippen MR) is 77.8 cm³/mol. The number of hydrogen-bond acceptors (Lipinski definition) is 4. The van der Waals surface area contributed by atoms with Crippen molar-refractivity contribution >= 4 is 0 Å². The third kappa shape index (κ3) is 3.85. The molecule has 1 aromatic heterocycles. The van der Waals surface area contributed by atoms with Crippen LogP contribution in [0.5, 0.6) is 11.5 Å². The van der Waals surface area contributed by atoms with Crippen molar-refractivity contribution in [1.82, 2.24) is 0 Å². The Bertz CT molecular complexity index is 768. The normalized spacial score (nSPS) is 11.6. The Hall–Kier alpha value is -2.44. The molecule has 0 atom stereocenters. The number of hydrogen-bond donors (Lipinski definition) is 1. The maximum atomic E-state index is 12.2. The largest absolute Gasteiger partial charge is 0.507 e. The van der Waals surface area contributed by atoms with E-state index >= 15 is 0 Å². The van der Waals surface area contributed by atoms with Gasteiger partial charge in [0.1, 0.15) is 22.8 Å². The number of aromatic hydroxyl groups is 1. The predicted octanol–water partition coefficient (Wildman–Crippen LogP) is 3.88. The zero-order chi connectivity index (χ0) is 17.4. The van der Waals surface area contributed by atoms with E-state index in [2.05, 4.69) is 0 Å². The van der Waals surface area contributed by atoms with E-state index < -0.39 is 18.4 Å². The fourth-order valence-electron chi connectivity index (χ4n) is 2.39. The molecule has 1 aromatic carbocycles. The second-order valence-corrected chi connectivity index (χ2v) is 5.24. The molecule has 0 radical (unpaired) electrons. The van der Waals surface area contributed by atoms with Crippen molar-refractivity contribution in [1.29, 1.82) is 0 Å². The van der Waals surface area contributed by atoms with E-state index in [4.69, 9.17) is 9.15 Å². The molecule has 0 fully saturated rings. The summed E-state index contributed by atoms with van der Waals surface area (Å²) in [7, 11) is 0. The van der Waals surface area contributed by atoms with E-state index in [1.807, 2.05) is 0 Å². The number of alkyl halides is 3. The van der Waals surface area contributed by atoms with Crippen LogP contribution in [0, 0.1) is 20.8 Å². The SMILES string of the molecule is Cc1cc(O)c(-c2c(C)cc(OCC(F)(F)F)cc2C)c(=O)o1. The molecule has 0 spiro atoms. The summed E-state index contributed by atoms with van der Waals surface area (Å²) in [5.41, 5.74) is 0.670. The first kappa shape index (κ1) is 16.9. The first-order chi connectivity index (χ1) is 10.6. The highest BCUT2D eigenvalue weighted by atomic mass is 19.4. The third-order valence-corrected chi connectivity index (χ3v) is 3.21. The maximum absolute atomic E-state index is 12.2. The number of rotatable bonds is 3. The molecule has 0 aliphatic carbocycles. The van der Waals surface area contributed by atoms with Crippen LogP contribution in [0.25, 0.3) is 11.1 Å². The smallest absolute Gasteiger partial charge is 0.422 e. The van der Waals surface area contributed by atoms with E-state index in [0.29, 0.717) is 16.7 Å². The molecule has 2 aromatic rings. The van der Waals surface area contributed by atoms with Crippen LogP contribution in [0.15, 0.2) is 27.4 Å². The summed E-state index contributed by atoms with van der Waals surface area (Å²) in [6.07, 6.45) is -4.43. The standard InChI is InChI=1S/C16H15F3O4/c1-8-4-11(22-7-16(17,18)19)5-9(2)13(8)14-12(20)6-10(3)23-15(14)21/h4-6,20H,7H2,1-3H3. The quantitative estimate of drug-likeness (QED) is 0.929. The first-order valence-corrected chi connectivity index (χ1v) is 6.73. The lowest BCUT2D eigenvalue weighted by Crippen LogP contribution is -2.19. The topological polar surface area (TPSA) is 59.7 Å². The second-order valence-electron chi connectivity index (χ2n) is 5.24. The van der Waals surface area contributed by atoms with Gasteiger partial charge in [0.25, 0.3) is 0 Å². The van der Waals surface area contributed by atoms with Gasteiger partial charge in [0, 0.05) is 6.07 Å². The van der Waals surface area contributed by atoms with Crippen molar-refractivity contribution in [2.24, 2.45) is 0 Å². The van der Waals surface area contributed by atoms with Gasteiger partial charge in [-0.25, -0.2) is 4.79 Å². The zero-order valence-electron chi connectivity index (χ0n) is 12.7. The van der Waals surface area contributed by atoms with Crippen LogP contribution in [-0.4, -0.2) is 17.9 Å². The molecule has 0 saturated heterocycles. The van der Waals surface area contributed by atoms with Gasteiger partial charge in [0.05, 0.1) is 0 Å².